The Balaban J connectivity index is 2.08. The number of thiophene rings is 1. The van der Waals surface area contributed by atoms with Crippen molar-refractivity contribution in [2.45, 2.75) is 25.9 Å². The highest BCUT2D eigenvalue weighted by atomic mass is 32.1. The molecule has 0 radical (unpaired) electrons. The first-order chi connectivity index (χ1) is 11.0. The molecule has 6 heteroatoms. The monoisotopic (exact) mass is 331 g/mol. The van der Waals surface area contributed by atoms with Gasteiger partial charge in [0.25, 0.3) is 5.91 Å². The van der Waals surface area contributed by atoms with Gasteiger partial charge in [-0.05, 0) is 30.0 Å². The van der Waals surface area contributed by atoms with E-state index in [0.29, 0.717) is 17.1 Å². The van der Waals surface area contributed by atoms with Crippen molar-refractivity contribution in [2.24, 2.45) is 5.73 Å². The minimum atomic E-state index is -0.190. The van der Waals surface area contributed by atoms with Crippen molar-refractivity contribution in [1.82, 2.24) is 4.90 Å². The van der Waals surface area contributed by atoms with Crippen molar-refractivity contribution in [3.05, 3.63) is 52.2 Å². The number of rotatable bonds is 6. The zero-order chi connectivity index (χ0) is 16.8. The van der Waals surface area contributed by atoms with E-state index in [1.165, 1.54) is 11.3 Å². The molecule has 5 nitrogen and oxygen atoms in total. The molecule has 1 heterocycles. The second-order valence-electron chi connectivity index (χ2n) is 5.53. The maximum absolute atomic E-state index is 12.3. The van der Waals surface area contributed by atoms with E-state index in [4.69, 9.17) is 5.73 Å². The van der Waals surface area contributed by atoms with Gasteiger partial charge in [-0.2, -0.15) is 0 Å². The molecule has 3 N–H and O–H groups in total. The Morgan fingerprint density at radius 1 is 1.26 bits per heavy atom. The molecule has 0 aliphatic heterocycles. The van der Waals surface area contributed by atoms with Crippen LogP contribution in [0.5, 0.6) is 0 Å². The normalized spacial score (nSPS) is 11.8. The zero-order valence-corrected chi connectivity index (χ0v) is 14.1. The first kappa shape index (κ1) is 17.2. The fraction of sp³-hybridized carbons (Fsp3) is 0.294. The van der Waals surface area contributed by atoms with Gasteiger partial charge in [0.2, 0.25) is 5.91 Å². The summed E-state index contributed by atoms with van der Waals surface area (Å²) in [7, 11) is 1.75. The molecule has 23 heavy (non-hydrogen) atoms. The van der Waals surface area contributed by atoms with E-state index in [0.717, 1.165) is 5.56 Å². The summed E-state index contributed by atoms with van der Waals surface area (Å²) in [5, 5.41) is 4.74. The molecule has 0 saturated carbocycles. The summed E-state index contributed by atoms with van der Waals surface area (Å²) in [6.45, 7) is 2.21. The fourth-order valence-electron chi connectivity index (χ4n) is 2.19. The first-order valence-corrected chi connectivity index (χ1v) is 8.27. The van der Waals surface area contributed by atoms with Crippen LogP contribution in [0.4, 0.5) is 5.69 Å². The number of amides is 2. The Kier molecular flexibility index (Phi) is 5.90. The summed E-state index contributed by atoms with van der Waals surface area (Å²) >= 11 is 1.42. The summed E-state index contributed by atoms with van der Waals surface area (Å²) < 4.78 is 0. The topological polar surface area (TPSA) is 75.4 Å². The highest BCUT2D eigenvalue weighted by Crippen LogP contribution is 2.19. The Hall–Kier alpha value is -2.18. The summed E-state index contributed by atoms with van der Waals surface area (Å²) in [6.07, 6.45) is 0.262. The van der Waals surface area contributed by atoms with Crippen LogP contribution in [0.2, 0.25) is 0 Å². The predicted molar refractivity (Wildman–Crippen MR) is 93.5 cm³/mol. The molecule has 2 rings (SSSR count). The third-order valence-electron chi connectivity index (χ3n) is 3.28. The molecule has 1 aromatic heterocycles. The van der Waals surface area contributed by atoms with E-state index in [9.17, 15) is 9.59 Å². The first-order valence-electron chi connectivity index (χ1n) is 7.39. The van der Waals surface area contributed by atoms with Crippen molar-refractivity contribution in [2.75, 3.05) is 12.4 Å². The molecule has 0 saturated heterocycles. The lowest BCUT2D eigenvalue weighted by Gasteiger charge is -2.19. The largest absolute Gasteiger partial charge is 0.337 e. The van der Waals surface area contributed by atoms with E-state index < -0.39 is 0 Å². The number of anilines is 1. The number of hydrogen-bond donors (Lipinski definition) is 2. The van der Waals surface area contributed by atoms with E-state index in [2.05, 4.69) is 5.32 Å². The maximum Gasteiger partial charge on any atom is 0.263 e. The quantitative estimate of drug-likeness (QED) is 0.854. The van der Waals surface area contributed by atoms with Gasteiger partial charge in [-0.1, -0.05) is 24.3 Å². The fourth-order valence-corrected chi connectivity index (χ4v) is 2.91. The maximum atomic E-state index is 12.3. The molecule has 0 aliphatic rings. The van der Waals surface area contributed by atoms with Gasteiger partial charge in [0.05, 0.1) is 4.88 Å². The van der Waals surface area contributed by atoms with Crippen molar-refractivity contribution in [3.8, 4) is 0 Å². The number of nitrogens with one attached hydrogen (secondary N) is 1. The molecule has 122 valence electrons. The smallest absolute Gasteiger partial charge is 0.263 e. The summed E-state index contributed by atoms with van der Waals surface area (Å²) in [4.78, 5) is 26.6. The Morgan fingerprint density at radius 2 is 2.00 bits per heavy atom. The van der Waals surface area contributed by atoms with Gasteiger partial charge < -0.3 is 16.0 Å². The second kappa shape index (κ2) is 7.89. The Morgan fingerprint density at radius 3 is 2.65 bits per heavy atom. The van der Waals surface area contributed by atoms with E-state index in [1.807, 2.05) is 35.7 Å². The van der Waals surface area contributed by atoms with Gasteiger partial charge in [0, 0.05) is 31.7 Å². The van der Waals surface area contributed by atoms with Crippen LogP contribution in [0.3, 0.4) is 0 Å². The lowest BCUT2D eigenvalue weighted by atomic mass is 10.1. The molecule has 1 atom stereocenters. The van der Waals surface area contributed by atoms with Gasteiger partial charge in [-0.15, -0.1) is 11.3 Å². The second-order valence-corrected chi connectivity index (χ2v) is 6.47. The molecule has 0 bridgehead atoms. The van der Waals surface area contributed by atoms with Crippen LogP contribution in [0.1, 0.15) is 28.6 Å². The van der Waals surface area contributed by atoms with Gasteiger partial charge >= 0.3 is 0 Å². The minimum Gasteiger partial charge on any atom is -0.337 e. The molecular weight excluding hydrogens is 310 g/mol. The summed E-state index contributed by atoms with van der Waals surface area (Å²) in [5.41, 5.74) is 7.25. The number of carbonyl (C=O) groups excluding carboxylic acids is 2. The molecule has 2 aromatic rings. The van der Waals surface area contributed by atoms with Crippen molar-refractivity contribution >= 4 is 28.8 Å². The molecule has 1 unspecified atom stereocenters. The lowest BCUT2D eigenvalue weighted by Crippen LogP contribution is -2.27. The average Bonchev–Trinajstić information content (AvgIpc) is 3.01. The molecule has 1 aromatic carbocycles. The minimum absolute atomic E-state index is 0.0308. The van der Waals surface area contributed by atoms with E-state index >= 15 is 0 Å². The van der Waals surface area contributed by atoms with Gasteiger partial charge in [0.1, 0.15) is 0 Å². The SMILES string of the molecule is CC(N)CC(=O)Nc1ccccc1CN(C)C(=O)c1cccs1. The van der Waals surface area contributed by atoms with Crippen LogP contribution in [-0.2, 0) is 11.3 Å². The van der Waals surface area contributed by atoms with E-state index in [-0.39, 0.29) is 24.3 Å². The van der Waals surface area contributed by atoms with Crippen LogP contribution in [-0.4, -0.2) is 29.8 Å². The third kappa shape index (κ3) is 4.91. The Labute approximate surface area is 140 Å². The van der Waals surface area contributed by atoms with Crippen LogP contribution >= 0.6 is 11.3 Å². The number of carbonyl (C=O) groups is 2. The van der Waals surface area contributed by atoms with Crippen LogP contribution in [0.25, 0.3) is 0 Å². The highest BCUT2D eigenvalue weighted by Gasteiger charge is 2.15. The van der Waals surface area contributed by atoms with Crippen LogP contribution in [0, 0.1) is 0 Å². The highest BCUT2D eigenvalue weighted by molar-refractivity contribution is 7.12. The van der Waals surface area contributed by atoms with Crippen molar-refractivity contribution in [3.63, 3.8) is 0 Å². The molecule has 2 amide bonds. The average molecular weight is 331 g/mol. The molecule has 0 aliphatic carbocycles. The van der Waals surface area contributed by atoms with Gasteiger partial charge in [0.15, 0.2) is 0 Å². The van der Waals surface area contributed by atoms with E-state index in [1.54, 1.807) is 24.9 Å². The number of nitrogens with zero attached hydrogens (tertiary/aromatic N) is 1. The van der Waals surface area contributed by atoms with Crippen LogP contribution < -0.4 is 11.1 Å². The molecule has 0 spiro atoms. The standard InChI is InChI=1S/C17H21N3O2S/c1-12(18)10-16(21)19-14-7-4-3-6-13(14)11-20(2)17(22)15-8-5-9-23-15/h3-9,12H,10-11,18H2,1-2H3,(H,19,21). The number of nitrogens with two attached hydrogens (primary N) is 1. The summed E-state index contributed by atoms with van der Waals surface area (Å²) in [6, 6.07) is 10.9. The molecular formula is C17H21N3O2S. The van der Waals surface area contributed by atoms with Gasteiger partial charge in [-0.3, -0.25) is 9.59 Å². The predicted octanol–water partition coefficient (Wildman–Crippen LogP) is 2.70. The Bertz CT molecular complexity index is 668. The van der Waals surface area contributed by atoms with Crippen molar-refractivity contribution in [1.29, 1.82) is 0 Å². The third-order valence-corrected chi connectivity index (χ3v) is 4.14. The molecule has 0 fully saturated rings. The number of para-hydroxylation sites is 1. The lowest BCUT2D eigenvalue weighted by molar-refractivity contribution is -0.116. The summed E-state index contributed by atoms with van der Waals surface area (Å²) in [5.74, 6) is -0.156. The van der Waals surface area contributed by atoms with Crippen molar-refractivity contribution < 1.29 is 9.59 Å². The number of hydrogen-bond acceptors (Lipinski definition) is 4. The van der Waals surface area contributed by atoms with Gasteiger partial charge in [-0.25, -0.2) is 0 Å². The number of benzene rings is 1. The zero-order valence-electron chi connectivity index (χ0n) is 13.3. The van der Waals surface area contributed by atoms with Crippen LogP contribution in [0.15, 0.2) is 41.8 Å².